The summed E-state index contributed by atoms with van der Waals surface area (Å²) in [5, 5.41) is 0.685. The molecule has 0 fully saturated rings. The number of benzene rings is 3. The lowest BCUT2D eigenvalue weighted by Crippen LogP contribution is -2.32. The summed E-state index contributed by atoms with van der Waals surface area (Å²) >= 11 is 14.6. The Hall–Kier alpha value is -2.36. The van der Waals surface area contributed by atoms with Crippen molar-refractivity contribution in [2.24, 2.45) is 16.9 Å². The monoisotopic (exact) mass is 462 g/mol. The van der Waals surface area contributed by atoms with Crippen LogP contribution in [-0.4, -0.2) is 13.1 Å². The van der Waals surface area contributed by atoms with Crippen LogP contribution in [0.4, 0.5) is 0 Å². The van der Waals surface area contributed by atoms with Gasteiger partial charge in [-0.05, 0) is 35.1 Å². The molecule has 1 unspecified atom stereocenters. The minimum atomic E-state index is -0.902. The van der Waals surface area contributed by atoms with E-state index in [9.17, 15) is 0 Å². The molecule has 0 saturated carbocycles. The number of hydrogen-bond acceptors (Lipinski definition) is 2. The average molecular weight is 463 g/mol. The van der Waals surface area contributed by atoms with Crippen molar-refractivity contribution in [2.75, 3.05) is 13.1 Å². The molecule has 0 bridgehead atoms. The lowest BCUT2D eigenvalue weighted by molar-refractivity contribution is 0.390. The molecule has 1 atom stereocenters. The highest BCUT2D eigenvalue weighted by atomic mass is 35.5. The zero-order chi connectivity index (χ0) is 22.6. The number of allylic oxidation sites excluding steroid dienone is 1. The summed E-state index contributed by atoms with van der Waals surface area (Å²) in [6.45, 7) is 1.07. The van der Waals surface area contributed by atoms with Crippen LogP contribution in [0, 0.1) is 5.41 Å². The number of rotatable bonds is 7. The van der Waals surface area contributed by atoms with Crippen LogP contribution in [0.5, 0.6) is 0 Å². The molecule has 0 spiro atoms. The Balaban J connectivity index is 1.80. The zero-order valence-corrected chi connectivity index (χ0v) is 19.5. The van der Waals surface area contributed by atoms with Gasteiger partial charge in [0.25, 0.3) is 0 Å². The maximum absolute atomic E-state index is 7.50. The third-order valence-corrected chi connectivity index (χ3v) is 7.49. The summed E-state index contributed by atoms with van der Waals surface area (Å²) in [6, 6.07) is 26.3. The van der Waals surface area contributed by atoms with E-state index >= 15 is 0 Å². The molecule has 0 radical (unpaired) electrons. The summed E-state index contributed by atoms with van der Waals surface area (Å²) in [5.41, 5.74) is 16.9. The van der Waals surface area contributed by atoms with Gasteiger partial charge in [-0.1, -0.05) is 109 Å². The van der Waals surface area contributed by atoms with Gasteiger partial charge in [-0.3, -0.25) is 0 Å². The molecular formula is C28H28Cl2N2. The van der Waals surface area contributed by atoms with E-state index in [4.69, 9.17) is 34.7 Å². The van der Waals surface area contributed by atoms with Crippen LogP contribution in [0.2, 0.25) is 5.02 Å². The molecule has 0 heterocycles. The SMILES string of the molecule is NCC1=CCC(CN)(Cc2cccc(C(Cl)(c3ccccc3)c3ccccc3)c2Cl)C=C1. The number of hydrogen-bond donors (Lipinski definition) is 2. The second-order valence-electron chi connectivity index (χ2n) is 8.43. The summed E-state index contributed by atoms with van der Waals surface area (Å²) in [6.07, 6.45) is 8.05. The third kappa shape index (κ3) is 4.29. The lowest BCUT2D eigenvalue weighted by Gasteiger charge is -2.34. The van der Waals surface area contributed by atoms with E-state index in [-0.39, 0.29) is 5.41 Å². The first-order valence-electron chi connectivity index (χ1n) is 10.9. The van der Waals surface area contributed by atoms with Crippen LogP contribution in [0.1, 0.15) is 28.7 Å². The Kier molecular flexibility index (Phi) is 6.88. The van der Waals surface area contributed by atoms with Gasteiger partial charge in [0.1, 0.15) is 4.87 Å². The molecule has 1 aliphatic rings. The van der Waals surface area contributed by atoms with Crippen molar-refractivity contribution < 1.29 is 0 Å². The van der Waals surface area contributed by atoms with E-state index in [1.807, 2.05) is 72.8 Å². The van der Waals surface area contributed by atoms with E-state index in [0.29, 0.717) is 18.1 Å². The molecule has 1 aliphatic carbocycles. The minimum absolute atomic E-state index is 0.185. The van der Waals surface area contributed by atoms with Crippen LogP contribution in [-0.2, 0) is 11.3 Å². The summed E-state index contributed by atoms with van der Waals surface area (Å²) in [4.78, 5) is -0.902. The molecular weight excluding hydrogens is 435 g/mol. The highest BCUT2D eigenvalue weighted by Gasteiger charge is 2.37. The van der Waals surface area contributed by atoms with Crippen LogP contribution < -0.4 is 11.5 Å². The standard InChI is InChI=1S/C28H28Cl2N2/c29-26-22(18-27(20-32)16-14-21(19-31)15-17-27)8-7-13-25(26)28(30,23-9-3-1-4-10-23)24-11-5-2-6-12-24/h1-16H,17-20,31-32H2. The van der Waals surface area contributed by atoms with Gasteiger partial charge in [-0.15, -0.1) is 11.6 Å². The average Bonchev–Trinajstić information content (AvgIpc) is 2.86. The van der Waals surface area contributed by atoms with Gasteiger partial charge in [0.2, 0.25) is 0 Å². The summed E-state index contributed by atoms with van der Waals surface area (Å²) < 4.78 is 0. The fourth-order valence-corrected chi connectivity index (χ4v) is 5.23. The molecule has 4 rings (SSSR count). The number of nitrogens with two attached hydrogens (primary N) is 2. The van der Waals surface area contributed by atoms with Crippen LogP contribution in [0.15, 0.2) is 103 Å². The fraction of sp³-hybridized carbons (Fsp3) is 0.214. The van der Waals surface area contributed by atoms with Crippen molar-refractivity contribution in [2.45, 2.75) is 17.7 Å². The Labute approximate surface area is 200 Å². The first-order valence-corrected chi connectivity index (χ1v) is 11.6. The molecule has 4 heteroatoms. The molecule has 32 heavy (non-hydrogen) atoms. The first kappa shape index (κ1) is 22.8. The molecule has 4 N–H and O–H groups in total. The zero-order valence-electron chi connectivity index (χ0n) is 18.0. The van der Waals surface area contributed by atoms with E-state index in [2.05, 4.69) is 24.3 Å². The molecule has 0 aliphatic heterocycles. The number of halogens is 2. The largest absolute Gasteiger partial charge is 0.330 e. The van der Waals surface area contributed by atoms with Crippen molar-refractivity contribution in [1.29, 1.82) is 0 Å². The molecule has 164 valence electrons. The highest BCUT2D eigenvalue weighted by Crippen LogP contribution is 2.47. The maximum atomic E-state index is 7.50. The smallest absolute Gasteiger partial charge is 0.121 e. The van der Waals surface area contributed by atoms with Gasteiger partial charge in [0.15, 0.2) is 0 Å². The fourth-order valence-electron chi connectivity index (χ4n) is 4.44. The maximum Gasteiger partial charge on any atom is 0.121 e. The number of alkyl halides is 1. The Morgan fingerprint density at radius 1 is 0.844 bits per heavy atom. The summed E-state index contributed by atoms with van der Waals surface area (Å²) in [7, 11) is 0. The molecule has 0 saturated heterocycles. The highest BCUT2D eigenvalue weighted by molar-refractivity contribution is 6.35. The predicted molar refractivity (Wildman–Crippen MR) is 136 cm³/mol. The van der Waals surface area contributed by atoms with E-state index in [1.54, 1.807) is 0 Å². The van der Waals surface area contributed by atoms with Crippen LogP contribution >= 0.6 is 23.2 Å². The molecule has 2 nitrogen and oxygen atoms in total. The minimum Gasteiger partial charge on any atom is -0.330 e. The van der Waals surface area contributed by atoms with E-state index in [1.165, 1.54) is 0 Å². The van der Waals surface area contributed by atoms with Gasteiger partial charge in [0.05, 0.1) is 0 Å². The van der Waals surface area contributed by atoms with Crippen LogP contribution in [0.25, 0.3) is 0 Å². The van der Waals surface area contributed by atoms with Crippen LogP contribution in [0.3, 0.4) is 0 Å². The molecule has 0 aromatic heterocycles. The van der Waals surface area contributed by atoms with Crippen molar-refractivity contribution in [3.8, 4) is 0 Å². The normalized spacial score (nSPS) is 18.4. The third-order valence-electron chi connectivity index (χ3n) is 6.40. The van der Waals surface area contributed by atoms with Gasteiger partial charge < -0.3 is 11.5 Å². The topological polar surface area (TPSA) is 52.0 Å². The van der Waals surface area contributed by atoms with E-state index in [0.717, 1.165) is 40.7 Å². The van der Waals surface area contributed by atoms with Crippen molar-refractivity contribution >= 4 is 23.2 Å². The van der Waals surface area contributed by atoms with Gasteiger partial charge in [-0.2, -0.15) is 0 Å². The second-order valence-corrected chi connectivity index (χ2v) is 9.38. The Bertz CT molecular complexity index is 1080. The Morgan fingerprint density at radius 3 is 1.97 bits per heavy atom. The quantitative estimate of drug-likeness (QED) is 0.324. The van der Waals surface area contributed by atoms with Gasteiger partial charge in [0, 0.05) is 29.1 Å². The lowest BCUT2D eigenvalue weighted by atomic mass is 9.74. The molecule has 3 aromatic rings. The Morgan fingerprint density at radius 2 is 1.47 bits per heavy atom. The van der Waals surface area contributed by atoms with Gasteiger partial charge in [-0.25, -0.2) is 0 Å². The predicted octanol–water partition coefficient (Wildman–Crippen LogP) is 6.20. The van der Waals surface area contributed by atoms with E-state index < -0.39 is 4.87 Å². The summed E-state index contributed by atoms with van der Waals surface area (Å²) in [5.74, 6) is 0. The van der Waals surface area contributed by atoms with Crippen molar-refractivity contribution in [3.63, 3.8) is 0 Å². The van der Waals surface area contributed by atoms with Crippen molar-refractivity contribution in [3.05, 3.63) is 130 Å². The second kappa shape index (κ2) is 9.64. The van der Waals surface area contributed by atoms with Crippen molar-refractivity contribution in [1.82, 2.24) is 0 Å². The molecule has 0 amide bonds. The van der Waals surface area contributed by atoms with Gasteiger partial charge >= 0.3 is 0 Å². The first-order chi connectivity index (χ1) is 15.5. The molecule has 3 aromatic carbocycles.